The highest BCUT2D eigenvalue weighted by molar-refractivity contribution is 6.04. The standard InChI is InChI=1S/C25H40N2O3/c1-5-7-8-9-10-11-12-13-14-15-22-21-19-24(29-4)23(18-20(21)16-17-26-22)27(3)25(28)30-6-2/h18-19H,5-17H2,1-4H3. The fourth-order valence-corrected chi connectivity index (χ4v) is 4.04. The second-order valence-corrected chi connectivity index (χ2v) is 8.10. The van der Waals surface area contributed by atoms with Gasteiger partial charge in [0, 0.05) is 24.9 Å². The number of nitrogens with zero attached hydrogens (tertiary/aromatic N) is 2. The summed E-state index contributed by atoms with van der Waals surface area (Å²) in [5, 5.41) is 0. The monoisotopic (exact) mass is 416 g/mol. The predicted octanol–water partition coefficient (Wildman–Crippen LogP) is 6.55. The summed E-state index contributed by atoms with van der Waals surface area (Å²) in [5.74, 6) is 0.686. The Morgan fingerprint density at radius 1 is 1.03 bits per heavy atom. The maximum Gasteiger partial charge on any atom is 0.414 e. The molecule has 0 unspecified atom stereocenters. The fraction of sp³-hybridized carbons (Fsp3) is 0.680. The lowest BCUT2D eigenvalue weighted by Crippen LogP contribution is -2.28. The number of benzene rings is 1. The van der Waals surface area contributed by atoms with Crippen LogP contribution in [0.4, 0.5) is 10.5 Å². The van der Waals surface area contributed by atoms with Gasteiger partial charge in [0.2, 0.25) is 0 Å². The highest BCUT2D eigenvalue weighted by Gasteiger charge is 2.22. The molecule has 30 heavy (non-hydrogen) atoms. The van der Waals surface area contributed by atoms with E-state index in [2.05, 4.69) is 13.0 Å². The van der Waals surface area contributed by atoms with Crippen molar-refractivity contribution in [3.8, 4) is 5.75 Å². The number of anilines is 1. The Kier molecular flexibility index (Phi) is 10.7. The molecule has 0 aliphatic carbocycles. The summed E-state index contributed by atoms with van der Waals surface area (Å²) in [4.78, 5) is 18.5. The van der Waals surface area contributed by atoms with E-state index >= 15 is 0 Å². The van der Waals surface area contributed by atoms with Crippen molar-refractivity contribution in [2.45, 2.75) is 84.5 Å². The summed E-state index contributed by atoms with van der Waals surface area (Å²) < 4.78 is 10.7. The van der Waals surface area contributed by atoms with Crippen LogP contribution in [0.25, 0.3) is 0 Å². The molecule has 1 amide bonds. The zero-order valence-electron chi connectivity index (χ0n) is 19.5. The number of hydrogen-bond acceptors (Lipinski definition) is 4. The summed E-state index contributed by atoms with van der Waals surface area (Å²) in [7, 11) is 3.37. The molecule has 0 aromatic heterocycles. The van der Waals surface area contributed by atoms with Gasteiger partial charge in [-0.2, -0.15) is 0 Å². The molecule has 0 bridgehead atoms. The summed E-state index contributed by atoms with van der Waals surface area (Å²) in [6.45, 7) is 5.24. The Morgan fingerprint density at radius 3 is 2.33 bits per heavy atom. The Hall–Kier alpha value is -2.04. The summed E-state index contributed by atoms with van der Waals surface area (Å²) in [6, 6.07) is 4.11. The summed E-state index contributed by atoms with van der Waals surface area (Å²) >= 11 is 0. The predicted molar refractivity (Wildman–Crippen MR) is 125 cm³/mol. The van der Waals surface area contributed by atoms with Gasteiger partial charge in [-0.3, -0.25) is 9.89 Å². The molecule has 0 saturated heterocycles. The highest BCUT2D eigenvalue weighted by atomic mass is 16.6. The van der Waals surface area contributed by atoms with Gasteiger partial charge in [-0.05, 0) is 43.9 Å². The number of fused-ring (bicyclic) bond motifs is 1. The van der Waals surface area contributed by atoms with Crippen molar-refractivity contribution in [3.05, 3.63) is 23.3 Å². The van der Waals surface area contributed by atoms with Gasteiger partial charge >= 0.3 is 6.09 Å². The number of ether oxygens (including phenoxy) is 2. The van der Waals surface area contributed by atoms with Crippen LogP contribution in [0.3, 0.4) is 0 Å². The van der Waals surface area contributed by atoms with Crippen LogP contribution in [-0.2, 0) is 11.2 Å². The number of amides is 1. The first-order chi connectivity index (χ1) is 14.6. The van der Waals surface area contributed by atoms with Crippen molar-refractivity contribution in [1.29, 1.82) is 0 Å². The number of carbonyl (C=O) groups excluding carboxylic acids is 1. The minimum absolute atomic E-state index is 0.353. The molecule has 1 aromatic rings. The van der Waals surface area contributed by atoms with Crippen LogP contribution in [0.5, 0.6) is 5.75 Å². The van der Waals surface area contributed by atoms with Crippen molar-refractivity contribution in [2.24, 2.45) is 4.99 Å². The molecule has 1 aliphatic heterocycles. The molecule has 0 atom stereocenters. The van der Waals surface area contributed by atoms with Crippen LogP contribution >= 0.6 is 0 Å². The number of rotatable bonds is 13. The number of hydrogen-bond donors (Lipinski definition) is 0. The van der Waals surface area contributed by atoms with Crippen molar-refractivity contribution in [1.82, 2.24) is 0 Å². The smallest absolute Gasteiger partial charge is 0.414 e. The third kappa shape index (κ3) is 7.03. The van der Waals surface area contributed by atoms with Crippen LogP contribution < -0.4 is 9.64 Å². The molecule has 1 aromatic carbocycles. The normalized spacial score (nSPS) is 12.9. The molecule has 5 heteroatoms. The van der Waals surface area contributed by atoms with E-state index in [9.17, 15) is 4.79 Å². The molecular weight excluding hydrogens is 376 g/mol. The Bertz CT molecular complexity index is 700. The molecule has 5 nitrogen and oxygen atoms in total. The molecule has 0 fully saturated rings. The van der Waals surface area contributed by atoms with Gasteiger partial charge in [0.1, 0.15) is 5.75 Å². The minimum atomic E-state index is -0.366. The fourth-order valence-electron chi connectivity index (χ4n) is 4.04. The number of carbonyl (C=O) groups is 1. The molecule has 1 heterocycles. The van der Waals surface area contributed by atoms with E-state index in [0.29, 0.717) is 12.4 Å². The lowest BCUT2D eigenvalue weighted by Gasteiger charge is -2.24. The van der Waals surface area contributed by atoms with Crippen LogP contribution in [0.2, 0.25) is 0 Å². The molecule has 0 radical (unpaired) electrons. The summed E-state index contributed by atoms with van der Waals surface area (Å²) in [5.41, 5.74) is 4.35. The van der Waals surface area contributed by atoms with Crippen LogP contribution in [0, 0.1) is 0 Å². The average molecular weight is 417 g/mol. The van der Waals surface area contributed by atoms with Crippen molar-refractivity contribution < 1.29 is 14.3 Å². The second-order valence-electron chi connectivity index (χ2n) is 8.10. The molecule has 2 rings (SSSR count). The van der Waals surface area contributed by atoms with Gasteiger partial charge in [-0.1, -0.05) is 58.3 Å². The number of aliphatic imine (C=N–C) groups is 1. The molecular formula is C25H40N2O3. The van der Waals surface area contributed by atoms with Crippen molar-refractivity contribution in [2.75, 3.05) is 32.2 Å². The molecule has 168 valence electrons. The molecule has 0 N–H and O–H groups in total. The van der Waals surface area contributed by atoms with Crippen molar-refractivity contribution in [3.63, 3.8) is 0 Å². The number of unbranched alkanes of at least 4 members (excludes halogenated alkanes) is 8. The van der Waals surface area contributed by atoms with Crippen LogP contribution in [-0.4, -0.2) is 39.1 Å². The largest absolute Gasteiger partial charge is 0.495 e. The van der Waals surface area contributed by atoms with Gasteiger partial charge in [-0.15, -0.1) is 0 Å². The quantitative estimate of drug-likeness (QED) is 0.342. The van der Waals surface area contributed by atoms with E-state index in [4.69, 9.17) is 14.5 Å². The Balaban J connectivity index is 1.93. The third-order valence-corrected chi connectivity index (χ3v) is 5.82. The third-order valence-electron chi connectivity index (χ3n) is 5.82. The first-order valence-corrected chi connectivity index (χ1v) is 11.8. The van der Waals surface area contributed by atoms with E-state index in [-0.39, 0.29) is 6.09 Å². The van der Waals surface area contributed by atoms with Gasteiger partial charge in [0.25, 0.3) is 0 Å². The van der Waals surface area contributed by atoms with Crippen LogP contribution in [0.15, 0.2) is 17.1 Å². The van der Waals surface area contributed by atoms with Crippen molar-refractivity contribution >= 4 is 17.5 Å². The van der Waals surface area contributed by atoms with E-state index in [0.717, 1.165) is 25.1 Å². The summed E-state index contributed by atoms with van der Waals surface area (Å²) in [6.07, 6.45) is 13.5. The van der Waals surface area contributed by atoms with Gasteiger partial charge in [-0.25, -0.2) is 4.79 Å². The maximum atomic E-state index is 12.2. The second kappa shape index (κ2) is 13.3. The van der Waals surface area contributed by atoms with E-state index < -0.39 is 0 Å². The topological polar surface area (TPSA) is 51.1 Å². The van der Waals surface area contributed by atoms with E-state index in [1.165, 1.54) is 79.5 Å². The Labute approximate surface area is 182 Å². The molecule has 0 saturated carbocycles. The van der Waals surface area contributed by atoms with Gasteiger partial charge < -0.3 is 9.47 Å². The Morgan fingerprint density at radius 2 is 1.70 bits per heavy atom. The van der Waals surface area contributed by atoms with E-state index in [1.54, 1.807) is 14.2 Å². The molecule has 0 spiro atoms. The van der Waals surface area contributed by atoms with Crippen LogP contribution in [0.1, 0.15) is 89.2 Å². The zero-order valence-corrected chi connectivity index (χ0v) is 19.5. The SMILES string of the molecule is CCCCCCCCCCCC1=NCCc2cc(N(C)C(=O)OCC)c(OC)cc21. The lowest BCUT2D eigenvalue weighted by molar-refractivity contribution is 0.161. The number of methoxy groups -OCH3 is 1. The van der Waals surface area contributed by atoms with Gasteiger partial charge in [0.05, 0.1) is 19.4 Å². The minimum Gasteiger partial charge on any atom is -0.495 e. The first-order valence-electron chi connectivity index (χ1n) is 11.8. The lowest BCUT2D eigenvalue weighted by atomic mass is 9.93. The van der Waals surface area contributed by atoms with Gasteiger partial charge in [0.15, 0.2) is 0 Å². The highest BCUT2D eigenvalue weighted by Crippen LogP contribution is 2.34. The first kappa shape index (κ1) is 24.2. The maximum absolute atomic E-state index is 12.2. The van der Waals surface area contributed by atoms with E-state index in [1.807, 2.05) is 13.0 Å². The zero-order chi connectivity index (χ0) is 21.8. The molecule has 1 aliphatic rings. The average Bonchev–Trinajstić information content (AvgIpc) is 2.76.